The molecule has 0 radical (unpaired) electrons. The summed E-state index contributed by atoms with van der Waals surface area (Å²) < 4.78 is 5.81. The molecule has 2 N–H and O–H groups in total. The highest BCUT2D eigenvalue weighted by atomic mass is 16.5. The number of nitrogens with one attached hydrogen (secondary N) is 2. The number of morpholine rings is 1. The van der Waals surface area contributed by atoms with Crippen LogP contribution in [0.3, 0.4) is 0 Å². The molecular formula is C19H29N3O2. The molecule has 1 aromatic carbocycles. The molecule has 0 unspecified atom stereocenters. The molecule has 0 saturated carbocycles. The predicted molar refractivity (Wildman–Crippen MR) is 94.6 cm³/mol. The molecule has 1 aromatic rings. The first-order chi connectivity index (χ1) is 11.6. The molecule has 0 aliphatic carbocycles. The minimum absolute atomic E-state index is 0.0156. The first-order valence-electron chi connectivity index (χ1n) is 9.07. The number of carbonyl (C=O) groups is 1. The third-order valence-corrected chi connectivity index (χ3v) is 4.84. The van der Waals surface area contributed by atoms with Crippen molar-refractivity contribution in [2.45, 2.75) is 58.0 Å². The van der Waals surface area contributed by atoms with E-state index in [4.69, 9.17) is 4.74 Å². The van der Waals surface area contributed by atoms with Gasteiger partial charge in [-0.25, -0.2) is 0 Å². The number of nitrogens with zero attached hydrogens (tertiary/aromatic N) is 1. The van der Waals surface area contributed by atoms with E-state index < -0.39 is 0 Å². The van der Waals surface area contributed by atoms with Crippen LogP contribution in [0.2, 0.25) is 0 Å². The normalized spacial score (nSPS) is 28.0. The molecule has 5 heteroatoms. The molecule has 3 atom stereocenters. The number of rotatable bonds is 5. The lowest BCUT2D eigenvalue weighted by molar-refractivity contribution is -0.122. The smallest absolute Gasteiger partial charge is 0.237 e. The number of benzene rings is 1. The van der Waals surface area contributed by atoms with Crippen molar-refractivity contribution in [3.8, 4) is 0 Å². The van der Waals surface area contributed by atoms with Crippen molar-refractivity contribution < 1.29 is 9.53 Å². The van der Waals surface area contributed by atoms with Gasteiger partial charge in [0.2, 0.25) is 5.91 Å². The zero-order valence-corrected chi connectivity index (χ0v) is 14.8. The average molecular weight is 331 g/mol. The van der Waals surface area contributed by atoms with Crippen LogP contribution in [0.25, 0.3) is 0 Å². The van der Waals surface area contributed by atoms with E-state index in [1.54, 1.807) is 0 Å². The first-order valence-corrected chi connectivity index (χ1v) is 9.07. The Morgan fingerprint density at radius 2 is 1.96 bits per heavy atom. The van der Waals surface area contributed by atoms with Gasteiger partial charge in [0.15, 0.2) is 0 Å². The second-order valence-corrected chi connectivity index (χ2v) is 7.09. The van der Waals surface area contributed by atoms with E-state index in [2.05, 4.69) is 47.6 Å². The maximum atomic E-state index is 12.2. The third kappa shape index (κ3) is 4.56. The summed E-state index contributed by atoms with van der Waals surface area (Å²) in [6, 6.07) is 8.39. The molecule has 5 nitrogen and oxygen atoms in total. The molecule has 0 spiro atoms. The van der Waals surface area contributed by atoms with Crippen LogP contribution in [0.4, 0.5) is 0 Å². The van der Waals surface area contributed by atoms with Crippen LogP contribution >= 0.6 is 0 Å². The fourth-order valence-corrected chi connectivity index (χ4v) is 3.75. The highest BCUT2D eigenvalue weighted by molar-refractivity contribution is 5.82. The molecule has 132 valence electrons. The predicted octanol–water partition coefficient (Wildman–Crippen LogP) is 1.66. The van der Waals surface area contributed by atoms with Crippen molar-refractivity contribution >= 4 is 5.91 Å². The standard InChI is InChI=1S/C19H29N3O2/c1-14-11-22(12-15(2)24-14)13-17-7-4-3-6-16(17)10-21-19(23)18-8-5-9-20-18/h3-4,6-7,14-15,18,20H,5,8-13H2,1-2H3,(H,21,23)/t14-,15-,18+/m1/s1. The Labute approximate surface area is 144 Å². The third-order valence-electron chi connectivity index (χ3n) is 4.84. The zero-order valence-electron chi connectivity index (χ0n) is 14.8. The molecule has 24 heavy (non-hydrogen) atoms. The Balaban J connectivity index is 1.59. The van der Waals surface area contributed by atoms with Crippen LogP contribution in [0.1, 0.15) is 37.8 Å². The summed E-state index contributed by atoms with van der Waals surface area (Å²) in [6.45, 7) is 8.62. The summed E-state index contributed by atoms with van der Waals surface area (Å²) in [5.74, 6) is 0.121. The molecule has 2 heterocycles. The quantitative estimate of drug-likeness (QED) is 0.862. The van der Waals surface area contributed by atoms with E-state index in [9.17, 15) is 4.79 Å². The van der Waals surface area contributed by atoms with Crippen molar-refractivity contribution in [2.75, 3.05) is 19.6 Å². The number of ether oxygens (including phenoxy) is 1. The van der Waals surface area contributed by atoms with Gasteiger partial charge in [-0.2, -0.15) is 0 Å². The molecule has 3 rings (SSSR count). The summed E-state index contributed by atoms with van der Waals surface area (Å²) in [4.78, 5) is 14.6. The topological polar surface area (TPSA) is 53.6 Å². The van der Waals surface area contributed by atoms with Gasteiger partial charge in [-0.15, -0.1) is 0 Å². The number of amides is 1. The summed E-state index contributed by atoms with van der Waals surface area (Å²) in [6.07, 6.45) is 2.57. The molecular weight excluding hydrogens is 302 g/mol. The highest BCUT2D eigenvalue weighted by Gasteiger charge is 2.24. The lowest BCUT2D eigenvalue weighted by Gasteiger charge is -2.35. The van der Waals surface area contributed by atoms with Gasteiger partial charge in [0.05, 0.1) is 18.2 Å². The van der Waals surface area contributed by atoms with Crippen LogP contribution in [-0.4, -0.2) is 48.7 Å². The van der Waals surface area contributed by atoms with E-state index in [0.29, 0.717) is 6.54 Å². The molecule has 0 aromatic heterocycles. The monoisotopic (exact) mass is 331 g/mol. The average Bonchev–Trinajstić information content (AvgIpc) is 3.07. The Hall–Kier alpha value is -1.43. The molecule has 2 aliphatic heterocycles. The zero-order chi connectivity index (χ0) is 16.9. The minimum Gasteiger partial charge on any atom is -0.373 e. The van der Waals surface area contributed by atoms with Gasteiger partial charge >= 0.3 is 0 Å². The summed E-state index contributed by atoms with van der Waals surface area (Å²) in [5, 5.41) is 6.34. The molecule has 2 saturated heterocycles. The van der Waals surface area contributed by atoms with E-state index in [1.807, 2.05) is 6.07 Å². The van der Waals surface area contributed by atoms with E-state index in [0.717, 1.165) is 39.0 Å². The largest absolute Gasteiger partial charge is 0.373 e. The van der Waals surface area contributed by atoms with Crippen LogP contribution in [0.15, 0.2) is 24.3 Å². The fraction of sp³-hybridized carbons (Fsp3) is 0.632. The van der Waals surface area contributed by atoms with E-state index in [1.165, 1.54) is 11.1 Å². The van der Waals surface area contributed by atoms with Crippen molar-refractivity contribution in [3.05, 3.63) is 35.4 Å². The summed E-state index contributed by atoms with van der Waals surface area (Å²) in [7, 11) is 0. The van der Waals surface area contributed by atoms with Crippen molar-refractivity contribution in [3.63, 3.8) is 0 Å². The highest BCUT2D eigenvalue weighted by Crippen LogP contribution is 2.17. The number of carbonyl (C=O) groups excluding carboxylic acids is 1. The fourth-order valence-electron chi connectivity index (χ4n) is 3.75. The first kappa shape index (κ1) is 17.4. The Morgan fingerprint density at radius 3 is 2.62 bits per heavy atom. The number of hydrogen-bond donors (Lipinski definition) is 2. The van der Waals surface area contributed by atoms with Gasteiger partial charge in [-0.05, 0) is 44.4 Å². The van der Waals surface area contributed by atoms with Gasteiger partial charge in [0, 0.05) is 26.2 Å². The number of hydrogen-bond acceptors (Lipinski definition) is 4. The van der Waals surface area contributed by atoms with Crippen molar-refractivity contribution in [2.24, 2.45) is 0 Å². The van der Waals surface area contributed by atoms with Crippen molar-refractivity contribution in [1.82, 2.24) is 15.5 Å². The SMILES string of the molecule is C[C@@H]1CN(Cc2ccccc2CNC(=O)[C@@H]2CCCN2)C[C@@H](C)O1. The van der Waals surface area contributed by atoms with Crippen molar-refractivity contribution in [1.29, 1.82) is 0 Å². The lowest BCUT2D eigenvalue weighted by Crippen LogP contribution is -2.45. The Bertz CT molecular complexity index is 547. The molecule has 1 amide bonds. The molecule has 2 aliphatic rings. The Kier molecular flexibility index (Phi) is 5.87. The maximum Gasteiger partial charge on any atom is 0.237 e. The van der Waals surface area contributed by atoms with Crippen LogP contribution < -0.4 is 10.6 Å². The van der Waals surface area contributed by atoms with Crippen LogP contribution in [-0.2, 0) is 22.6 Å². The van der Waals surface area contributed by atoms with Gasteiger partial charge in [0.25, 0.3) is 0 Å². The maximum absolute atomic E-state index is 12.2. The van der Waals surface area contributed by atoms with Gasteiger partial charge < -0.3 is 15.4 Å². The second kappa shape index (κ2) is 8.10. The summed E-state index contributed by atoms with van der Waals surface area (Å²) >= 11 is 0. The van der Waals surface area contributed by atoms with Gasteiger partial charge in [-0.3, -0.25) is 9.69 Å². The second-order valence-electron chi connectivity index (χ2n) is 7.09. The molecule has 2 fully saturated rings. The molecule has 0 bridgehead atoms. The lowest BCUT2D eigenvalue weighted by atomic mass is 10.1. The van der Waals surface area contributed by atoms with Gasteiger partial charge in [0.1, 0.15) is 0 Å². The Morgan fingerprint density at radius 1 is 1.25 bits per heavy atom. The van der Waals surface area contributed by atoms with Crippen LogP contribution in [0.5, 0.6) is 0 Å². The van der Waals surface area contributed by atoms with E-state index in [-0.39, 0.29) is 24.2 Å². The van der Waals surface area contributed by atoms with Gasteiger partial charge in [-0.1, -0.05) is 24.3 Å². The van der Waals surface area contributed by atoms with Crippen LogP contribution in [0, 0.1) is 0 Å². The summed E-state index contributed by atoms with van der Waals surface area (Å²) in [5.41, 5.74) is 2.49. The van der Waals surface area contributed by atoms with E-state index >= 15 is 0 Å². The minimum atomic E-state index is -0.0156.